The Morgan fingerprint density at radius 3 is 2.59 bits per heavy atom. The highest BCUT2D eigenvalue weighted by molar-refractivity contribution is 5.91. The molecular weight excluding hydrogens is 374 g/mol. The summed E-state index contributed by atoms with van der Waals surface area (Å²) in [6.07, 6.45) is 7.88. The van der Waals surface area contributed by atoms with Crippen LogP contribution < -0.4 is 16.8 Å². The molecular formula is C21H27N3O5. The molecule has 1 amide bonds. The second kappa shape index (κ2) is 10.9. The fraction of sp³-hybridized carbons (Fsp3) is 0.333. The molecule has 0 fully saturated rings. The normalized spacial score (nSPS) is 16.1. The summed E-state index contributed by atoms with van der Waals surface area (Å²) in [7, 11) is 3.21. The van der Waals surface area contributed by atoms with Gasteiger partial charge in [0.2, 0.25) is 5.91 Å². The zero-order chi connectivity index (χ0) is 21.2. The number of allylic oxidation sites excluding steroid dienone is 3. The van der Waals surface area contributed by atoms with Crippen LogP contribution in [-0.4, -0.2) is 38.8 Å². The maximum absolute atomic E-state index is 11.9. The zero-order valence-corrected chi connectivity index (χ0v) is 16.6. The maximum atomic E-state index is 11.9. The van der Waals surface area contributed by atoms with E-state index in [9.17, 15) is 9.59 Å². The molecule has 0 bridgehead atoms. The van der Waals surface area contributed by atoms with Crippen molar-refractivity contribution in [2.24, 2.45) is 0 Å². The number of carbonyl (C=O) groups is 2. The van der Waals surface area contributed by atoms with Crippen molar-refractivity contribution in [3.05, 3.63) is 53.8 Å². The summed E-state index contributed by atoms with van der Waals surface area (Å²) >= 11 is 0. The first-order chi connectivity index (χ1) is 13.9. The number of esters is 1. The molecule has 8 nitrogen and oxygen atoms in total. The third-order valence-electron chi connectivity index (χ3n) is 4.20. The van der Waals surface area contributed by atoms with Crippen LogP contribution in [0.5, 0.6) is 0 Å². The SMILES string of the molecule is COC1=C(/C=C/C(=O)OCCCC(=O)Nc2cc(N)cc(N)c2)C=CC(OC)C1. The summed E-state index contributed by atoms with van der Waals surface area (Å²) in [5.41, 5.74) is 13.6. The van der Waals surface area contributed by atoms with Crippen LogP contribution in [0.3, 0.4) is 0 Å². The number of amides is 1. The van der Waals surface area contributed by atoms with Crippen LogP contribution in [0.25, 0.3) is 0 Å². The molecule has 156 valence electrons. The fourth-order valence-electron chi connectivity index (χ4n) is 2.77. The molecule has 2 rings (SSSR count). The number of rotatable bonds is 9. The van der Waals surface area contributed by atoms with Crippen LogP contribution in [-0.2, 0) is 23.8 Å². The molecule has 0 radical (unpaired) electrons. The topological polar surface area (TPSA) is 126 Å². The number of methoxy groups -OCH3 is 2. The van der Waals surface area contributed by atoms with Gasteiger partial charge in [0.25, 0.3) is 0 Å². The highest BCUT2D eigenvalue weighted by Crippen LogP contribution is 2.22. The lowest BCUT2D eigenvalue weighted by atomic mass is 10.0. The Morgan fingerprint density at radius 1 is 1.21 bits per heavy atom. The Morgan fingerprint density at radius 2 is 1.93 bits per heavy atom. The van der Waals surface area contributed by atoms with E-state index >= 15 is 0 Å². The molecule has 1 aliphatic rings. The van der Waals surface area contributed by atoms with E-state index in [1.54, 1.807) is 38.5 Å². The van der Waals surface area contributed by atoms with Gasteiger partial charge >= 0.3 is 5.97 Å². The minimum Gasteiger partial charge on any atom is -0.500 e. The Hall–Kier alpha value is -3.26. The van der Waals surface area contributed by atoms with Crippen LogP contribution in [0, 0.1) is 0 Å². The second-order valence-corrected chi connectivity index (χ2v) is 6.46. The number of nitrogens with one attached hydrogen (secondary N) is 1. The fourth-order valence-corrected chi connectivity index (χ4v) is 2.77. The van der Waals surface area contributed by atoms with Crippen LogP contribution in [0.2, 0.25) is 0 Å². The molecule has 5 N–H and O–H groups in total. The number of hydrogen-bond acceptors (Lipinski definition) is 7. The standard InChI is InChI=1S/C21H27N3O5/c1-27-18-7-5-14(19(13-18)28-2)6-8-21(26)29-9-3-4-20(25)24-17-11-15(22)10-16(23)12-17/h5-8,10-12,18H,3-4,9,13,22-23H2,1-2H3,(H,24,25)/b8-6+. The molecule has 0 saturated heterocycles. The minimum atomic E-state index is -0.487. The molecule has 1 atom stereocenters. The van der Waals surface area contributed by atoms with Crippen molar-refractivity contribution < 1.29 is 23.8 Å². The van der Waals surface area contributed by atoms with Crippen molar-refractivity contribution in [2.45, 2.75) is 25.4 Å². The van der Waals surface area contributed by atoms with Gasteiger partial charge in [-0.2, -0.15) is 0 Å². The van der Waals surface area contributed by atoms with Gasteiger partial charge in [0, 0.05) is 48.7 Å². The number of ether oxygens (including phenoxy) is 3. The lowest BCUT2D eigenvalue weighted by Gasteiger charge is -2.19. The first kappa shape index (κ1) is 22.0. The monoisotopic (exact) mass is 401 g/mol. The Kier molecular flexibility index (Phi) is 8.29. The van der Waals surface area contributed by atoms with Crippen molar-refractivity contribution in [1.82, 2.24) is 0 Å². The first-order valence-electron chi connectivity index (χ1n) is 9.20. The molecule has 1 aromatic rings. The molecule has 0 aliphatic heterocycles. The number of nitrogens with two attached hydrogens (primary N) is 2. The van der Waals surface area contributed by atoms with E-state index in [0.29, 0.717) is 29.9 Å². The van der Waals surface area contributed by atoms with Crippen molar-refractivity contribution in [2.75, 3.05) is 37.6 Å². The summed E-state index contributed by atoms with van der Waals surface area (Å²) in [5.74, 6) is 0.0398. The van der Waals surface area contributed by atoms with E-state index in [1.807, 2.05) is 12.2 Å². The highest BCUT2D eigenvalue weighted by atomic mass is 16.5. The van der Waals surface area contributed by atoms with Crippen LogP contribution in [0.1, 0.15) is 19.3 Å². The molecule has 1 unspecified atom stereocenters. The molecule has 0 heterocycles. The van der Waals surface area contributed by atoms with Gasteiger partial charge < -0.3 is 31.0 Å². The molecule has 0 aromatic heterocycles. The largest absolute Gasteiger partial charge is 0.500 e. The molecule has 8 heteroatoms. The average molecular weight is 401 g/mol. The van der Waals surface area contributed by atoms with Crippen molar-refractivity contribution in [3.8, 4) is 0 Å². The summed E-state index contributed by atoms with van der Waals surface area (Å²) in [6, 6.07) is 4.85. The average Bonchev–Trinajstić information content (AvgIpc) is 2.68. The van der Waals surface area contributed by atoms with E-state index in [2.05, 4.69) is 5.32 Å². The second-order valence-electron chi connectivity index (χ2n) is 6.46. The van der Waals surface area contributed by atoms with Crippen LogP contribution in [0.4, 0.5) is 17.1 Å². The molecule has 1 aliphatic carbocycles. The van der Waals surface area contributed by atoms with Gasteiger partial charge in [-0.05, 0) is 30.7 Å². The van der Waals surface area contributed by atoms with E-state index in [-0.39, 0.29) is 25.0 Å². The quantitative estimate of drug-likeness (QED) is 0.251. The van der Waals surface area contributed by atoms with E-state index < -0.39 is 5.97 Å². The predicted octanol–water partition coefficient (Wildman–Crippen LogP) is 2.54. The first-order valence-corrected chi connectivity index (χ1v) is 9.20. The minimum absolute atomic E-state index is 0.0380. The number of nitrogen functional groups attached to an aromatic ring is 2. The van der Waals surface area contributed by atoms with Crippen molar-refractivity contribution >= 4 is 28.9 Å². The summed E-state index contributed by atoms with van der Waals surface area (Å²) in [5, 5.41) is 2.71. The van der Waals surface area contributed by atoms with Gasteiger partial charge in [-0.25, -0.2) is 4.79 Å². The van der Waals surface area contributed by atoms with Crippen LogP contribution in [0.15, 0.2) is 53.8 Å². The van der Waals surface area contributed by atoms with Gasteiger partial charge in [-0.3, -0.25) is 4.79 Å². The molecule has 0 saturated carbocycles. The summed E-state index contributed by atoms with van der Waals surface area (Å²) in [6.45, 7) is 0.132. The number of carbonyl (C=O) groups excluding carboxylic acids is 2. The molecule has 0 spiro atoms. The predicted molar refractivity (Wildman–Crippen MR) is 112 cm³/mol. The van der Waals surface area contributed by atoms with Crippen LogP contribution >= 0.6 is 0 Å². The van der Waals surface area contributed by atoms with Gasteiger partial charge in [0.05, 0.1) is 19.8 Å². The van der Waals surface area contributed by atoms with Gasteiger partial charge in [0.15, 0.2) is 0 Å². The third kappa shape index (κ3) is 7.34. The number of benzene rings is 1. The number of anilines is 3. The van der Waals surface area contributed by atoms with Gasteiger partial charge in [-0.1, -0.05) is 12.2 Å². The smallest absolute Gasteiger partial charge is 0.330 e. The Bertz CT molecular complexity index is 809. The summed E-state index contributed by atoms with van der Waals surface area (Å²) in [4.78, 5) is 23.8. The zero-order valence-electron chi connectivity index (χ0n) is 16.6. The van der Waals surface area contributed by atoms with E-state index in [1.165, 1.54) is 6.08 Å². The van der Waals surface area contributed by atoms with E-state index in [4.69, 9.17) is 25.7 Å². The lowest BCUT2D eigenvalue weighted by Crippen LogP contribution is -2.14. The van der Waals surface area contributed by atoms with Gasteiger partial charge in [-0.15, -0.1) is 0 Å². The highest BCUT2D eigenvalue weighted by Gasteiger charge is 2.15. The molecule has 29 heavy (non-hydrogen) atoms. The Balaban J connectivity index is 1.73. The van der Waals surface area contributed by atoms with Crippen molar-refractivity contribution in [3.63, 3.8) is 0 Å². The van der Waals surface area contributed by atoms with E-state index in [0.717, 1.165) is 11.3 Å². The molecule has 1 aromatic carbocycles. The Labute approximate surface area is 170 Å². The summed E-state index contributed by atoms with van der Waals surface area (Å²) < 4.78 is 15.7. The maximum Gasteiger partial charge on any atom is 0.330 e. The van der Waals surface area contributed by atoms with Crippen molar-refractivity contribution in [1.29, 1.82) is 0 Å². The lowest BCUT2D eigenvalue weighted by molar-refractivity contribution is -0.138. The third-order valence-corrected chi connectivity index (χ3v) is 4.20. The van der Waals surface area contributed by atoms with Gasteiger partial charge in [0.1, 0.15) is 5.76 Å². The number of hydrogen-bond donors (Lipinski definition) is 3.